The highest BCUT2D eigenvalue weighted by atomic mass is 79.9. The van der Waals surface area contributed by atoms with E-state index in [1.165, 1.54) is 25.6 Å². The van der Waals surface area contributed by atoms with Gasteiger partial charge in [0.25, 0.3) is 0 Å². The van der Waals surface area contributed by atoms with E-state index in [4.69, 9.17) is 0 Å². The van der Waals surface area contributed by atoms with Crippen molar-refractivity contribution in [3.05, 3.63) is 28.5 Å². The second-order valence-electron chi connectivity index (χ2n) is 8.15. The van der Waals surface area contributed by atoms with Gasteiger partial charge in [-0.1, -0.05) is 29.8 Å². The van der Waals surface area contributed by atoms with Crippen LogP contribution in [-0.2, 0) is 0 Å². The molecule has 0 aliphatic carbocycles. The number of urea groups is 1. The SMILES string of the molecule is C[C@@H]1C[C@H](C)CN(CC2CCN(C(=O)Nc3ccc(Br)cc3F)CC2)C1. The van der Waals surface area contributed by atoms with Gasteiger partial charge in [0.1, 0.15) is 5.82 Å². The van der Waals surface area contributed by atoms with Crippen LogP contribution in [0.4, 0.5) is 14.9 Å². The van der Waals surface area contributed by atoms with Gasteiger partial charge >= 0.3 is 6.03 Å². The predicted octanol–water partition coefficient (Wildman–Crippen LogP) is 4.81. The molecule has 0 bridgehead atoms. The van der Waals surface area contributed by atoms with Gasteiger partial charge in [0.15, 0.2) is 0 Å². The van der Waals surface area contributed by atoms with Crippen LogP contribution in [0.2, 0.25) is 0 Å². The van der Waals surface area contributed by atoms with Gasteiger partial charge in [-0.25, -0.2) is 9.18 Å². The molecular weight excluding hydrogens is 397 g/mol. The molecule has 6 heteroatoms. The number of rotatable bonds is 3. The lowest BCUT2D eigenvalue weighted by molar-refractivity contribution is 0.101. The third-order valence-electron chi connectivity index (χ3n) is 5.54. The monoisotopic (exact) mass is 425 g/mol. The van der Waals surface area contributed by atoms with Gasteiger partial charge in [0, 0.05) is 37.2 Å². The molecule has 26 heavy (non-hydrogen) atoms. The Kier molecular flexibility index (Phi) is 6.56. The second kappa shape index (κ2) is 8.70. The highest BCUT2D eigenvalue weighted by Gasteiger charge is 2.27. The summed E-state index contributed by atoms with van der Waals surface area (Å²) in [6, 6.07) is 4.47. The van der Waals surface area contributed by atoms with Crippen LogP contribution in [0, 0.1) is 23.6 Å². The van der Waals surface area contributed by atoms with Gasteiger partial charge in [-0.15, -0.1) is 0 Å². The van der Waals surface area contributed by atoms with Crippen LogP contribution >= 0.6 is 15.9 Å². The molecule has 2 atom stereocenters. The number of anilines is 1. The van der Waals surface area contributed by atoms with Crippen LogP contribution in [0.15, 0.2) is 22.7 Å². The normalized spacial score (nSPS) is 25.3. The van der Waals surface area contributed by atoms with E-state index in [1.54, 1.807) is 17.0 Å². The Bertz CT molecular complexity index is 623. The summed E-state index contributed by atoms with van der Waals surface area (Å²) < 4.78 is 14.6. The van der Waals surface area contributed by atoms with E-state index in [9.17, 15) is 9.18 Å². The molecule has 1 aromatic carbocycles. The Balaban J connectivity index is 1.46. The van der Waals surface area contributed by atoms with Crippen molar-refractivity contribution in [1.82, 2.24) is 9.80 Å². The zero-order valence-electron chi connectivity index (χ0n) is 15.7. The number of nitrogens with zero attached hydrogens (tertiary/aromatic N) is 2. The number of piperidine rings is 2. The standard InChI is InChI=1S/C20H29BrFN3O/c1-14-9-15(2)12-24(11-14)13-16-5-7-25(8-6-16)20(26)23-19-4-3-17(21)10-18(19)22/h3-4,10,14-16H,5-9,11-13H2,1-2H3,(H,23,26)/t14-,15+. The molecule has 144 valence electrons. The van der Waals surface area contributed by atoms with Crippen molar-refractivity contribution in [2.45, 2.75) is 33.1 Å². The number of benzene rings is 1. The Labute approximate surface area is 164 Å². The van der Waals surface area contributed by atoms with E-state index in [0.29, 0.717) is 10.4 Å². The number of likely N-dealkylation sites (tertiary alicyclic amines) is 2. The summed E-state index contributed by atoms with van der Waals surface area (Å²) in [5, 5.41) is 2.70. The van der Waals surface area contributed by atoms with Crippen molar-refractivity contribution >= 4 is 27.6 Å². The lowest BCUT2D eigenvalue weighted by atomic mass is 9.89. The molecule has 2 heterocycles. The summed E-state index contributed by atoms with van der Waals surface area (Å²) in [6.07, 6.45) is 3.38. The maximum atomic E-state index is 13.9. The average Bonchev–Trinajstić information content (AvgIpc) is 2.57. The van der Waals surface area contributed by atoms with E-state index >= 15 is 0 Å². The molecule has 0 spiro atoms. The number of nitrogens with one attached hydrogen (secondary N) is 1. The molecule has 2 aliphatic rings. The molecule has 2 saturated heterocycles. The van der Waals surface area contributed by atoms with E-state index < -0.39 is 5.82 Å². The molecule has 2 amide bonds. The number of carbonyl (C=O) groups excluding carboxylic acids is 1. The van der Waals surface area contributed by atoms with Crippen LogP contribution in [0.1, 0.15) is 33.1 Å². The lowest BCUT2D eigenvalue weighted by Crippen LogP contribution is -2.46. The van der Waals surface area contributed by atoms with Crippen molar-refractivity contribution in [2.75, 3.05) is 38.0 Å². The third kappa shape index (κ3) is 5.19. The number of hydrogen-bond donors (Lipinski definition) is 1. The van der Waals surface area contributed by atoms with Crippen molar-refractivity contribution in [3.8, 4) is 0 Å². The topological polar surface area (TPSA) is 35.6 Å². The zero-order chi connectivity index (χ0) is 18.7. The van der Waals surface area contributed by atoms with E-state index in [0.717, 1.165) is 44.3 Å². The smallest absolute Gasteiger partial charge is 0.321 e. The molecule has 0 saturated carbocycles. The molecule has 0 radical (unpaired) electrons. The minimum atomic E-state index is -0.420. The summed E-state index contributed by atoms with van der Waals surface area (Å²) in [7, 11) is 0. The van der Waals surface area contributed by atoms with Gasteiger partial charge in [0.05, 0.1) is 5.69 Å². The molecule has 4 nitrogen and oxygen atoms in total. The first-order valence-corrected chi connectivity index (χ1v) is 10.4. The van der Waals surface area contributed by atoms with Gasteiger partial charge < -0.3 is 15.1 Å². The molecule has 1 aromatic rings. The second-order valence-corrected chi connectivity index (χ2v) is 9.07. The van der Waals surface area contributed by atoms with Crippen LogP contribution in [0.25, 0.3) is 0 Å². The summed E-state index contributed by atoms with van der Waals surface area (Å²) in [6.45, 7) is 9.72. The van der Waals surface area contributed by atoms with E-state index in [2.05, 4.69) is 40.0 Å². The Morgan fingerprint density at radius 1 is 1.23 bits per heavy atom. The summed E-state index contributed by atoms with van der Waals surface area (Å²) in [5.74, 6) is 1.80. The summed E-state index contributed by atoms with van der Waals surface area (Å²) >= 11 is 3.23. The van der Waals surface area contributed by atoms with Gasteiger partial charge in [-0.05, 0) is 55.2 Å². The maximum Gasteiger partial charge on any atom is 0.321 e. The first-order valence-electron chi connectivity index (χ1n) is 9.64. The van der Waals surface area contributed by atoms with Gasteiger partial charge in [-0.2, -0.15) is 0 Å². The quantitative estimate of drug-likeness (QED) is 0.753. The largest absolute Gasteiger partial charge is 0.325 e. The summed E-state index contributed by atoms with van der Waals surface area (Å²) in [4.78, 5) is 16.8. The van der Waals surface area contributed by atoms with Crippen LogP contribution in [-0.4, -0.2) is 48.6 Å². The number of hydrogen-bond acceptors (Lipinski definition) is 2. The first-order chi connectivity index (χ1) is 12.4. The molecule has 0 unspecified atom stereocenters. The molecular formula is C20H29BrFN3O. The minimum Gasteiger partial charge on any atom is -0.325 e. The predicted molar refractivity (Wildman–Crippen MR) is 107 cm³/mol. The van der Waals surface area contributed by atoms with Crippen LogP contribution in [0.3, 0.4) is 0 Å². The fourth-order valence-corrected chi connectivity index (χ4v) is 4.74. The minimum absolute atomic E-state index is 0.204. The molecule has 3 rings (SSSR count). The van der Waals surface area contributed by atoms with Crippen molar-refractivity contribution in [1.29, 1.82) is 0 Å². The third-order valence-corrected chi connectivity index (χ3v) is 6.03. The fraction of sp³-hybridized carbons (Fsp3) is 0.650. The van der Waals surface area contributed by atoms with Crippen LogP contribution < -0.4 is 5.32 Å². The molecule has 0 aromatic heterocycles. The lowest BCUT2D eigenvalue weighted by Gasteiger charge is -2.39. The number of carbonyl (C=O) groups is 1. The first kappa shape index (κ1) is 19.6. The Morgan fingerprint density at radius 2 is 1.88 bits per heavy atom. The number of amides is 2. The molecule has 2 fully saturated rings. The average molecular weight is 426 g/mol. The zero-order valence-corrected chi connectivity index (χ0v) is 17.3. The van der Waals surface area contributed by atoms with Crippen molar-refractivity contribution < 1.29 is 9.18 Å². The number of halogens is 2. The summed E-state index contributed by atoms with van der Waals surface area (Å²) in [5.41, 5.74) is 0.233. The fourth-order valence-electron chi connectivity index (χ4n) is 4.41. The molecule has 1 N–H and O–H groups in total. The van der Waals surface area contributed by atoms with E-state index in [-0.39, 0.29) is 11.7 Å². The Morgan fingerprint density at radius 3 is 2.50 bits per heavy atom. The van der Waals surface area contributed by atoms with Gasteiger partial charge in [-0.3, -0.25) is 0 Å². The highest BCUT2D eigenvalue weighted by molar-refractivity contribution is 9.10. The maximum absolute atomic E-state index is 13.9. The van der Waals surface area contributed by atoms with E-state index in [1.807, 2.05) is 0 Å². The van der Waals surface area contributed by atoms with Gasteiger partial charge in [0.2, 0.25) is 0 Å². The highest BCUT2D eigenvalue weighted by Crippen LogP contribution is 2.25. The Hall–Kier alpha value is -1.14. The van der Waals surface area contributed by atoms with Crippen molar-refractivity contribution in [3.63, 3.8) is 0 Å². The van der Waals surface area contributed by atoms with Crippen molar-refractivity contribution in [2.24, 2.45) is 17.8 Å². The molecule has 2 aliphatic heterocycles. The van der Waals surface area contributed by atoms with Crippen LogP contribution in [0.5, 0.6) is 0 Å².